The van der Waals surface area contributed by atoms with Crippen molar-refractivity contribution in [1.29, 1.82) is 0 Å². The van der Waals surface area contributed by atoms with Gasteiger partial charge in [-0.3, -0.25) is 4.79 Å². The van der Waals surface area contributed by atoms with E-state index in [1.165, 1.54) is 12.1 Å². The minimum absolute atomic E-state index is 0.0710. The van der Waals surface area contributed by atoms with Crippen LogP contribution < -0.4 is 10.1 Å². The molecule has 22 heavy (non-hydrogen) atoms. The molecule has 1 amide bonds. The number of carbonyl (C=O) groups excluding carboxylic acids is 1. The highest BCUT2D eigenvalue weighted by Crippen LogP contribution is 2.19. The number of carbonyl (C=O) groups is 1. The lowest BCUT2D eigenvalue weighted by molar-refractivity contribution is 0.0889. The summed E-state index contributed by atoms with van der Waals surface area (Å²) in [6.07, 6.45) is -0.724. The molecule has 0 aliphatic rings. The van der Waals surface area contributed by atoms with E-state index < -0.39 is 12.0 Å². The van der Waals surface area contributed by atoms with Gasteiger partial charge in [0.25, 0.3) is 5.91 Å². The van der Waals surface area contributed by atoms with Crippen LogP contribution in [-0.4, -0.2) is 23.7 Å². The number of hydrogen-bond acceptors (Lipinski definition) is 4. The first-order valence-corrected chi connectivity index (χ1v) is 7.31. The fourth-order valence-corrected chi connectivity index (χ4v) is 2.02. The Bertz CT molecular complexity index is 621. The smallest absolute Gasteiger partial charge is 0.287 e. The zero-order chi connectivity index (χ0) is 16.1. The number of furan rings is 1. The number of hydrogen-bond donors (Lipinski definition) is 2. The van der Waals surface area contributed by atoms with Crippen LogP contribution in [0.5, 0.6) is 5.75 Å². The quantitative estimate of drug-likeness (QED) is 0.856. The molecule has 0 saturated heterocycles. The number of nitrogens with one attached hydrogen (secondary N) is 1. The zero-order valence-corrected chi connectivity index (χ0v) is 13.1. The monoisotopic (exact) mass is 323 g/mol. The minimum Gasteiger partial charge on any atom is -0.491 e. The SMILES string of the molecule is CC(C)Oc1ccc(C(O)CNC(=O)c2ccc(Cl)o2)cc1. The third-order valence-corrected chi connectivity index (χ3v) is 3.09. The first kappa shape index (κ1) is 16.4. The van der Waals surface area contributed by atoms with E-state index in [9.17, 15) is 9.90 Å². The number of amides is 1. The molecule has 1 atom stereocenters. The maximum atomic E-state index is 11.8. The Morgan fingerprint density at radius 1 is 1.27 bits per heavy atom. The van der Waals surface area contributed by atoms with Crippen LogP contribution in [0.3, 0.4) is 0 Å². The Labute approximate surface area is 133 Å². The lowest BCUT2D eigenvalue weighted by atomic mass is 10.1. The Kier molecular flexibility index (Phi) is 5.46. The summed E-state index contributed by atoms with van der Waals surface area (Å²) in [7, 11) is 0. The molecule has 0 aliphatic heterocycles. The number of benzene rings is 1. The van der Waals surface area contributed by atoms with E-state index in [0.717, 1.165) is 5.75 Å². The van der Waals surface area contributed by atoms with E-state index in [4.69, 9.17) is 20.8 Å². The number of aliphatic hydroxyl groups excluding tert-OH is 1. The minimum atomic E-state index is -0.817. The Hall–Kier alpha value is -1.98. The van der Waals surface area contributed by atoms with Crippen LogP contribution in [0.4, 0.5) is 0 Å². The molecule has 2 rings (SSSR count). The molecule has 1 aromatic heterocycles. The number of aliphatic hydroxyl groups is 1. The van der Waals surface area contributed by atoms with E-state index in [2.05, 4.69) is 5.32 Å². The van der Waals surface area contributed by atoms with Gasteiger partial charge in [0, 0.05) is 6.54 Å². The molecule has 6 heteroatoms. The number of ether oxygens (including phenoxy) is 1. The average molecular weight is 324 g/mol. The van der Waals surface area contributed by atoms with Crippen molar-refractivity contribution in [3.05, 3.63) is 52.9 Å². The highest BCUT2D eigenvalue weighted by Gasteiger charge is 2.13. The molecule has 1 unspecified atom stereocenters. The Balaban J connectivity index is 1.89. The second kappa shape index (κ2) is 7.33. The summed E-state index contributed by atoms with van der Waals surface area (Å²) in [5.41, 5.74) is 0.689. The predicted octanol–water partition coefficient (Wildman–Crippen LogP) is 3.18. The second-order valence-electron chi connectivity index (χ2n) is 5.07. The summed E-state index contributed by atoms with van der Waals surface area (Å²) in [6.45, 7) is 3.96. The predicted molar refractivity (Wildman–Crippen MR) is 83.2 cm³/mol. The van der Waals surface area contributed by atoms with E-state index in [-0.39, 0.29) is 23.6 Å². The Morgan fingerprint density at radius 3 is 2.50 bits per heavy atom. The van der Waals surface area contributed by atoms with Crippen molar-refractivity contribution < 1.29 is 19.1 Å². The van der Waals surface area contributed by atoms with Gasteiger partial charge in [0.1, 0.15) is 5.75 Å². The summed E-state index contributed by atoms with van der Waals surface area (Å²) < 4.78 is 10.5. The fourth-order valence-electron chi connectivity index (χ4n) is 1.87. The molecule has 0 bridgehead atoms. The summed E-state index contributed by atoms with van der Waals surface area (Å²) in [5.74, 6) is 0.420. The van der Waals surface area contributed by atoms with Crippen molar-refractivity contribution in [2.75, 3.05) is 6.54 Å². The molecule has 5 nitrogen and oxygen atoms in total. The largest absolute Gasteiger partial charge is 0.491 e. The van der Waals surface area contributed by atoms with Crippen LogP contribution in [0.25, 0.3) is 0 Å². The Morgan fingerprint density at radius 2 is 1.95 bits per heavy atom. The van der Waals surface area contributed by atoms with Crippen LogP contribution >= 0.6 is 11.6 Å². The van der Waals surface area contributed by atoms with Gasteiger partial charge in [0.05, 0.1) is 12.2 Å². The molecular formula is C16H18ClNO4. The first-order chi connectivity index (χ1) is 10.5. The summed E-state index contributed by atoms with van der Waals surface area (Å²) in [6, 6.07) is 10.1. The van der Waals surface area contributed by atoms with Crippen molar-refractivity contribution in [3.8, 4) is 5.75 Å². The van der Waals surface area contributed by atoms with Crippen molar-refractivity contribution in [1.82, 2.24) is 5.32 Å². The van der Waals surface area contributed by atoms with E-state index in [1.54, 1.807) is 24.3 Å². The van der Waals surface area contributed by atoms with E-state index >= 15 is 0 Å². The van der Waals surface area contributed by atoms with Gasteiger partial charge in [-0.1, -0.05) is 12.1 Å². The third kappa shape index (κ3) is 4.51. The fraction of sp³-hybridized carbons (Fsp3) is 0.312. The maximum Gasteiger partial charge on any atom is 0.287 e. The molecule has 0 aliphatic carbocycles. The summed E-state index contributed by atoms with van der Waals surface area (Å²) in [4.78, 5) is 11.8. The first-order valence-electron chi connectivity index (χ1n) is 6.94. The van der Waals surface area contributed by atoms with E-state index in [0.29, 0.717) is 5.56 Å². The third-order valence-electron chi connectivity index (χ3n) is 2.89. The zero-order valence-electron chi connectivity index (χ0n) is 12.4. The summed E-state index contributed by atoms with van der Waals surface area (Å²) >= 11 is 5.61. The van der Waals surface area contributed by atoms with Gasteiger partial charge in [0.15, 0.2) is 11.0 Å². The van der Waals surface area contributed by atoms with Crippen LogP contribution in [0.2, 0.25) is 5.22 Å². The van der Waals surface area contributed by atoms with Gasteiger partial charge in [-0.15, -0.1) is 0 Å². The molecule has 2 aromatic rings. The standard InChI is InChI=1S/C16H18ClNO4/c1-10(2)21-12-5-3-11(4-6-12)13(19)9-18-16(20)14-7-8-15(17)22-14/h3-8,10,13,19H,9H2,1-2H3,(H,18,20). The van der Waals surface area contributed by atoms with Crippen molar-refractivity contribution >= 4 is 17.5 Å². The molecule has 118 valence electrons. The van der Waals surface area contributed by atoms with Crippen molar-refractivity contribution in [2.24, 2.45) is 0 Å². The molecule has 0 radical (unpaired) electrons. The van der Waals surface area contributed by atoms with Gasteiger partial charge < -0.3 is 19.6 Å². The number of rotatable bonds is 6. The van der Waals surface area contributed by atoms with Crippen LogP contribution in [0.1, 0.15) is 36.1 Å². The lowest BCUT2D eigenvalue weighted by Gasteiger charge is -2.13. The maximum absolute atomic E-state index is 11.8. The molecule has 2 N–H and O–H groups in total. The van der Waals surface area contributed by atoms with Crippen molar-refractivity contribution in [2.45, 2.75) is 26.1 Å². The molecule has 0 fully saturated rings. The normalized spacial score (nSPS) is 12.2. The van der Waals surface area contributed by atoms with Gasteiger partial charge in [-0.05, 0) is 55.3 Å². The summed E-state index contributed by atoms with van der Waals surface area (Å²) in [5, 5.41) is 12.8. The van der Waals surface area contributed by atoms with E-state index in [1.807, 2.05) is 13.8 Å². The van der Waals surface area contributed by atoms with Crippen LogP contribution in [0.15, 0.2) is 40.8 Å². The van der Waals surface area contributed by atoms with Crippen molar-refractivity contribution in [3.63, 3.8) is 0 Å². The van der Waals surface area contributed by atoms with Crippen LogP contribution in [-0.2, 0) is 0 Å². The second-order valence-corrected chi connectivity index (χ2v) is 5.44. The molecule has 1 heterocycles. The topological polar surface area (TPSA) is 71.7 Å². The van der Waals surface area contributed by atoms with Crippen LogP contribution in [0, 0.1) is 0 Å². The highest BCUT2D eigenvalue weighted by molar-refractivity contribution is 6.29. The molecule has 0 saturated carbocycles. The molecular weight excluding hydrogens is 306 g/mol. The van der Waals surface area contributed by atoms with Gasteiger partial charge in [-0.2, -0.15) is 0 Å². The molecule has 1 aromatic carbocycles. The lowest BCUT2D eigenvalue weighted by Crippen LogP contribution is -2.28. The highest BCUT2D eigenvalue weighted by atomic mass is 35.5. The molecule has 0 spiro atoms. The average Bonchev–Trinajstić information content (AvgIpc) is 2.91. The van der Waals surface area contributed by atoms with Gasteiger partial charge >= 0.3 is 0 Å². The number of halogens is 1. The van der Waals surface area contributed by atoms with Gasteiger partial charge in [-0.25, -0.2) is 0 Å². The van der Waals surface area contributed by atoms with Gasteiger partial charge in [0.2, 0.25) is 0 Å².